The van der Waals surface area contributed by atoms with E-state index in [1.54, 1.807) is 0 Å². The molecular formula is C16H21NOSi. The van der Waals surface area contributed by atoms with Gasteiger partial charge >= 0.3 is 0 Å². The third-order valence-electron chi connectivity index (χ3n) is 3.74. The summed E-state index contributed by atoms with van der Waals surface area (Å²) in [6, 6.07) is 22.6. The van der Waals surface area contributed by atoms with Crippen LogP contribution in [0.2, 0.25) is 12.6 Å². The Labute approximate surface area is 116 Å². The summed E-state index contributed by atoms with van der Waals surface area (Å²) in [7, 11) is -1.71. The molecule has 0 aliphatic heterocycles. The van der Waals surface area contributed by atoms with Gasteiger partial charge < -0.3 is 5.11 Å². The van der Waals surface area contributed by atoms with Gasteiger partial charge in [0, 0.05) is 0 Å². The lowest BCUT2D eigenvalue weighted by Crippen LogP contribution is -2.56. The molecule has 19 heavy (non-hydrogen) atoms. The van der Waals surface area contributed by atoms with Gasteiger partial charge in [-0.25, -0.2) is 0 Å². The second-order valence-electron chi connectivity index (χ2n) is 4.97. The van der Waals surface area contributed by atoms with Crippen molar-refractivity contribution in [1.82, 2.24) is 5.32 Å². The number of hydrogen-bond donors (Lipinski definition) is 2. The van der Waals surface area contributed by atoms with E-state index in [-0.39, 0.29) is 6.73 Å². The summed E-state index contributed by atoms with van der Waals surface area (Å²) in [4.78, 5) is 0. The first-order valence-electron chi connectivity index (χ1n) is 6.70. The van der Waals surface area contributed by atoms with E-state index in [0.717, 1.165) is 12.6 Å². The molecule has 0 aromatic heterocycles. The highest BCUT2D eigenvalue weighted by Crippen LogP contribution is 2.10. The van der Waals surface area contributed by atoms with E-state index in [1.807, 2.05) is 0 Å². The molecule has 0 saturated carbocycles. The molecule has 0 unspecified atom stereocenters. The smallest absolute Gasteiger partial charge is 0.116 e. The molecule has 0 fully saturated rings. The number of nitrogens with one attached hydrogen (secondary N) is 1. The van der Waals surface area contributed by atoms with Gasteiger partial charge in [-0.1, -0.05) is 77.6 Å². The molecule has 2 aromatic rings. The zero-order valence-electron chi connectivity index (χ0n) is 11.3. The number of aliphatic hydroxyl groups is 1. The van der Waals surface area contributed by atoms with E-state index < -0.39 is 8.07 Å². The molecule has 0 aliphatic carbocycles. The van der Waals surface area contributed by atoms with Gasteiger partial charge in [-0.3, -0.25) is 5.32 Å². The van der Waals surface area contributed by atoms with E-state index in [0.29, 0.717) is 0 Å². The third-order valence-corrected chi connectivity index (χ3v) is 8.20. The third kappa shape index (κ3) is 3.32. The van der Waals surface area contributed by atoms with Crippen LogP contribution in [0.1, 0.15) is 0 Å². The van der Waals surface area contributed by atoms with Crippen molar-refractivity contribution >= 4 is 18.4 Å². The Morgan fingerprint density at radius 2 is 1.37 bits per heavy atom. The minimum Gasteiger partial charge on any atom is -0.381 e. The number of rotatable bonds is 6. The summed E-state index contributed by atoms with van der Waals surface area (Å²) < 4.78 is 0. The van der Waals surface area contributed by atoms with Gasteiger partial charge in [0.15, 0.2) is 0 Å². The van der Waals surface area contributed by atoms with E-state index in [2.05, 4.69) is 72.5 Å². The van der Waals surface area contributed by atoms with Crippen molar-refractivity contribution in [1.29, 1.82) is 0 Å². The van der Waals surface area contributed by atoms with Crippen molar-refractivity contribution in [3.63, 3.8) is 0 Å². The monoisotopic (exact) mass is 271 g/mol. The van der Waals surface area contributed by atoms with Gasteiger partial charge in [-0.2, -0.15) is 0 Å². The van der Waals surface area contributed by atoms with E-state index in [1.165, 1.54) is 10.4 Å². The molecule has 2 aromatic carbocycles. The zero-order valence-corrected chi connectivity index (χ0v) is 12.3. The molecule has 0 saturated heterocycles. The second-order valence-corrected chi connectivity index (χ2v) is 9.29. The minimum atomic E-state index is -1.71. The van der Waals surface area contributed by atoms with Crippen molar-refractivity contribution < 1.29 is 5.11 Å². The average Bonchev–Trinajstić information content (AvgIpc) is 2.49. The maximum atomic E-state index is 8.91. The molecule has 0 radical (unpaired) electrons. The van der Waals surface area contributed by atoms with Crippen LogP contribution < -0.4 is 15.7 Å². The van der Waals surface area contributed by atoms with Gasteiger partial charge in [0.05, 0.1) is 6.73 Å². The molecule has 0 aliphatic rings. The highest BCUT2D eigenvalue weighted by atomic mass is 28.3. The highest BCUT2D eigenvalue weighted by molar-refractivity contribution is 7.01. The van der Waals surface area contributed by atoms with Crippen LogP contribution in [0.3, 0.4) is 0 Å². The minimum absolute atomic E-state index is 0.0497. The van der Waals surface area contributed by atoms with Crippen LogP contribution >= 0.6 is 0 Å². The molecule has 0 spiro atoms. The number of aliphatic hydroxyl groups excluding tert-OH is 1. The lowest BCUT2D eigenvalue weighted by molar-refractivity contribution is 0.264. The summed E-state index contributed by atoms with van der Waals surface area (Å²) in [5.74, 6) is 0. The Morgan fingerprint density at radius 1 is 0.895 bits per heavy atom. The first-order valence-corrected chi connectivity index (χ1v) is 9.41. The van der Waals surface area contributed by atoms with Crippen LogP contribution in [0, 0.1) is 0 Å². The maximum absolute atomic E-state index is 8.91. The molecule has 2 nitrogen and oxygen atoms in total. The zero-order chi connectivity index (χ0) is 13.6. The van der Waals surface area contributed by atoms with Gasteiger partial charge in [0.2, 0.25) is 0 Å². The predicted octanol–water partition coefficient (Wildman–Crippen LogP) is 1.42. The van der Waals surface area contributed by atoms with Gasteiger partial charge in [-0.15, -0.1) is 0 Å². The van der Waals surface area contributed by atoms with Crippen molar-refractivity contribution in [2.24, 2.45) is 0 Å². The topological polar surface area (TPSA) is 32.3 Å². The Morgan fingerprint density at radius 3 is 1.79 bits per heavy atom. The molecule has 0 atom stereocenters. The fourth-order valence-corrected chi connectivity index (χ4v) is 5.93. The first kappa shape index (κ1) is 14.0. The van der Waals surface area contributed by atoms with Crippen LogP contribution in [0.15, 0.2) is 60.7 Å². The van der Waals surface area contributed by atoms with E-state index in [9.17, 15) is 0 Å². The Kier molecular flexibility index (Phi) is 4.91. The largest absolute Gasteiger partial charge is 0.381 e. The lowest BCUT2D eigenvalue weighted by Gasteiger charge is -2.28. The molecular weight excluding hydrogens is 250 g/mol. The standard InChI is InChI=1S/C16H21NOSi/c1-19(13-12-17-14-18,15-8-4-2-5-9-15)16-10-6-3-7-11-16/h2-11,17-18H,12-14H2,1H3. The summed E-state index contributed by atoms with van der Waals surface area (Å²) in [6.45, 7) is 3.30. The Bertz CT molecular complexity index is 447. The fourth-order valence-electron chi connectivity index (χ4n) is 2.48. The Hall–Kier alpha value is -1.42. The quantitative estimate of drug-likeness (QED) is 0.473. The molecule has 0 bridgehead atoms. The molecule has 0 amide bonds. The van der Waals surface area contributed by atoms with E-state index in [4.69, 9.17) is 5.11 Å². The van der Waals surface area contributed by atoms with Crippen LogP contribution in [-0.4, -0.2) is 26.5 Å². The van der Waals surface area contributed by atoms with Gasteiger partial charge in [-0.05, 0) is 12.6 Å². The summed E-state index contributed by atoms with van der Waals surface area (Å²) in [5, 5.41) is 14.8. The maximum Gasteiger partial charge on any atom is 0.116 e. The van der Waals surface area contributed by atoms with E-state index >= 15 is 0 Å². The Balaban J connectivity index is 2.33. The van der Waals surface area contributed by atoms with Crippen molar-refractivity contribution in [3.8, 4) is 0 Å². The lowest BCUT2D eigenvalue weighted by atomic mass is 10.4. The van der Waals surface area contributed by atoms with Crippen LogP contribution in [0.5, 0.6) is 0 Å². The predicted molar refractivity (Wildman–Crippen MR) is 83.7 cm³/mol. The second kappa shape index (κ2) is 6.66. The molecule has 2 N–H and O–H groups in total. The fraction of sp³-hybridized carbons (Fsp3) is 0.250. The SMILES string of the molecule is C[Si](CCNCO)(c1ccccc1)c1ccccc1. The summed E-state index contributed by atoms with van der Waals surface area (Å²) >= 11 is 0. The summed E-state index contributed by atoms with van der Waals surface area (Å²) in [5.41, 5.74) is 0. The van der Waals surface area contributed by atoms with Gasteiger partial charge in [0.1, 0.15) is 8.07 Å². The molecule has 100 valence electrons. The average molecular weight is 271 g/mol. The van der Waals surface area contributed by atoms with Crippen molar-refractivity contribution in [2.75, 3.05) is 13.3 Å². The molecule has 3 heteroatoms. The molecule has 0 heterocycles. The van der Waals surface area contributed by atoms with Crippen LogP contribution in [0.4, 0.5) is 0 Å². The summed E-state index contributed by atoms with van der Waals surface area (Å²) in [6.07, 6.45) is 0. The molecule has 2 rings (SSSR count). The van der Waals surface area contributed by atoms with Crippen LogP contribution in [0.25, 0.3) is 0 Å². The first-order chi connectivity index (χ1) is 9.27. The van der Waals surface area contributed by atoms with Crippen molar-refractivity contribution in [3.05, 3.63) is 60.7 Å². The van der Waals surface area contributed by atoms with Crippen molar-refractivity contribution in [2.45, 2.75) is 12.6 Å². The highest BCUT2D eigenvalue weighted by Gasteiger charge is 2.30. The van der Waals surface area contributed by atoms with Crippen LogP contribution in [-0.2, 0) is 0 Å². The number of benzene rings is 2. The number of hydrogen-bond acceptors (Lipinski definition) is 2. The normalized spacial score (nSPS) is 11.5. The van der Waals surface area contributed by atoms with Gasteiger partial charge in [0.25, 0.3) is 0 Å².